The highest BCUT2D eigenvalue weighted by Crippen LogP contribution is 2.38. The number of carbonyl (C=O) groups excluding carboxylic acids is 1. The number of benzene rings is 3. The van der Waals surface area contributed by atoms with Crippen LogP contribution in [0.25, 0.3) is 0 Å². The lowest BCUT2D eigenvalue weighted by Crippen LogP contribution is -2.35. The quantitative estimate of drug-likeness (QED) is 0.400. The molecule has 176 valence electrons. The van der Waals surface area contributed by atoms with Gasteiger partial charge in [0.1, 0.15) is 23.7 Å². The van der Waals surface area contributed by atoms with Crippen molar-refractivity contribution in [3.8, 4) is 5.75 Å². The Labute approximate surface area is 210 Å². The summed E-state index contributed by atoms with van der Waals surface area (Å²) in [7, 11) is 0. The van der Waals surface area contributed by atoms with Gasteiger partial charge in [-0.1, -0.05) is 51.8 Å². The van der Waals surface area contributed by atoms with E-state index in [2.05, 4.69) is 15.9 Å². The molecule has 0 fully saturated rings. The Bertz CT molecular complexity index is 1270. The summed E-state index contributed by atoms with van der Waals surface area (Å²) in [6, 6.07) is 17.2. The van der Waals surface area contributed by atoms with Crippen LogP contribution in [0.5, 0.6) is 5.75 Å². The van der Waals surface area contributed by atoms with Crippen molar-refractivity contribution >= 4 is 39.4 Å². The van der Waals surface area contributed by atoms with E-state index < -0.39 is 23.9 Å². The predicted molar refractivity (Wildman–Crippen MR) is 131 cm³/mol. The highest BCUT2D eigenvalue weighted by atomic mass is 79.9. The van der Waals surface area contributed by atoms with Gasteiger partial charge in [0, 0.05) is 29.4 Å². The lowest BCUT2D eigenvalue weighted by Gasteiger charge is -2.24. The molecule has 0 aliphatic carbocycles. The van der Waals surface area contributed by atoms with Gasteiger partial charge in [-0.05, 0) is 60.0 Å². The van der Waals surface area contributed by atoms with E-state index in [1.807, 2.05) is 31.2 Å². The minimum atomic E-state index is -1.09. The van der Waals surface area contributed by atoms with Gasteiger partial charge in [-0.25, -0.2) is 4.39 Å². The number of hydrogen-bond acceptors (Lipinski definition) is 3. The Morgan fingerprint density at radius 1 is 1.18 bits per heavy atom. The minimum absolute atomic E-state index is 0.0705. The molecule has 8 heteroatoms. The van der Waals surface area contributed by atoms with Gasteiger partial charge in [0.15, 0.2) is 0 Å². The Kier molecular flexibility index (Phi) is 6.96. The SMILES string of the molecule is C[C@]1(Cc2ccc(Cl)c(F)c2)Cc2cc(C(=O)N(CC(=O)O)Cc3ccccc3Br)ccc2O1. The zero-order chi connectivity index (χ0) is 24.5. The lowest BCUT2D eigenvalue weighted by molar-refractivity contribution is -0.137. The van der Waals surface area contributed by atoms with Crippen LogP contribution >= 0.6 is 27.5 Å². The Morgan fingerprint density at radius 2 is 1.94 bits per heavy atom. The molecule has 1 heterocycles. The molecule has 4 rings (SSSR count). The highest BCUT2D eigenvalue weighted by Gasteiger charge is 2.36. The number of halogens is 3. The third kappa shape index (κ3) is 5.42. The number of hydrogen-bond donors (Lipinski definition) is 1. The molecular weight excluding hydrogens is 525 g/mol. The fraction of sp³-hybridized carbons (Fsp3) is 0.231. The summed E-state index contributed by atoms with van der Waals surface area (Å²) in [5.74, 6) is -1.29. The highest BCUT2D eigenvalue weighted by molar-refractivity contribution is 9.10. The van der Waals surface area contributed by atoms with E-state index in [1.165, 1.54) is 17.0 Å². The average Bonchev–Trinajstić information content (AvgIpc) is 3.11. The van der Waals surface area contributed by atoms with Gasteiger partial charge < -0.3 is 14.7 Å². The standard InChI is InChI=1S/C26H22BrClFNO4/c1-26(12-16-6-8-21(28)22(29)10-16)13-19-11-17(7-9-23(19)34-26)25(33)30(15-24(31)32)14-18-4-2-3-5-20(18)27/h2-11H,12-15H2,1H3,(H,31,32)/t26-/m0/s1. The molecule has 0 aromatic heterocycles. The summed E-state index contributed by atoms with van der Waals surface area (Å²) < 4.78 is 20.8. The van der Waals surface area contributed by atoms with Gasteiger partial charge in [-0.3, -0.25) is 9.59 Å². The van der Waals surface area contributed by atoms with Gasteiger partial charge >= 0.3 is 5.97 Å². The second kappa shape index (κ2) is 9.76. The molecule has 0 saturated heterocycles. The zero-order valence-electron chi connectivity index (χ0n) is 18.4. The molecule has 1 atom stereocenters. The number of ether oxygens (including phenoxy) is 1. The van der Waals surface area contributed by atoms with Gasteiger partial charge in [0.05, 0.1) is 5.02 Å². The molecule has 1 aliphatic heterocycles. The van der Waals surface area contributed by atoms with Crippen LogP contribution in [0, 0.1) is 5.82 Å². The minimum Gasteiger partial charge on any atom is -0.487 e. The van der Waals surface area contributed by atoms with Crippen molar-refractivity contribution in [2.45, 2.75) is 31.9 Å². The number of fused-ring (bicyclic) bond motifs is 1. The molecule has 0 bridgehead atoms. The number of amides is 1. The van der Waals surface area contributed by atoms with Crippen molar-refractivity contribution < 1.29 is 23.8 Å². The Morgan fingerprint density at radius 3 is 2.65 bits per heavy atom. The fourth-order valence-electron chi connectivity index (χ4n) is 4.21. The number of carboxylic acid groups (broad SMARTS) is 1. The molecule has 1 aliphatic rings. The monoisotopic (exact) mass is 545 g/mol. The number of rotatable bonds is 7. The second-order valence-corrected chi connectivity index (χ2v) is 9.88. The summed E-state index contributed by atoms with van der Waals surface area (Å²) in [5, 5.41) is 9.44. The van der Waals surface area contributed by atoms with Gasteiger partial charge in [0.2, 0.25) is 0 Å². The Hall–Kier alpha value is -2.90. The topological polar surface area (TPSA) is 66.8 Å². The first-order valence-electron chi connectivity index (χ1n) is 10.6. The maximum absolute atomic E-state index is 13.9. The van der Waals surface area contributed by atoms with Crippen LogP contribution in [0.2, 0.25) is 5.02 Å². The maximum atomic E-state index is 13.9. The van der Waals surface area contributed by atoms with Crippen LogP contribution in [0.3, 0.4) is 0 Å². The smallest absolute Gasteiger partial charge is 0.323 e. The first-order valence-corrected chi connectivity index (χ1v) is 11.8. The molecule has 34 heavy (non-hydrogen) atoms. The molecule has 1 amide bonds. The molecule has 3 aromatic carbocycles. The molecule has 0 saturated carbocycles. The largest absolute Gasteiger partial charge is 0.487 e. The van der Waals surface area contributed by atoms with Crippen LogP contribution in [-0.4, -0.2) is 34.0 Å². The zero-order valence-corrected chi connectivity index (χ0v) is 20.7. The summed E-state index contributed by atoms with van der Waals surface area (Å²) in [5.41, 5.74) is 2.19. The van der Waals surface area contributed by atoms with Crippen molar-refractivity contribution in [3.05, 3.63) is 98.2 Å². The lowest BCUT2D eigenvalue weighted by atomic mass is 9.91. The van der Waals surface area contributed by atoms with Crippen LogP contribution in [0.4, 0.5) is 4.39 Å². The Balaban J connectivity index is 1.54. The first kappa shape index (κ1) is 24.2. The molecule has 1 N–H and O–H groups in total. The number of carbonyl (C=O) groups is 2. The number of aliphatic carboxylic acids is 1. The van der Waals surface area contributed by atoms with E-state index in [1.54, 1.807) is 24.3 Å². The van der Waals surface area contributed by atoms with Crippen LogP contribution in [0.15, 0.2) is 65.1 Å². The van der Waals surface area contributed by atoms with E-state index in [-0.39, 0.29) is 17.5 Å². The van der Waals surface area contributed by atoms with E-state index >= 15 is 0 Å². The first-order chi connectivity index (χ1) is 16.1. The summed E-state index contributed by atoms with van der Waals surface area (Å²) in [6.45, 7) is 1.66. The van der Waals surface area contributed by atoms with E-state index in [0.717, 1.165) is 21.2 Å². The van der Waals surface area contributed by atoms with Crippen LogP contribution < -0.4 is 4.74 Å². The normalized spacial score (nSPS) is 16.6. The summed E-state index contributed by atoms with van der Waals surface area (Å²) in [6.07, 6.45) is 0.989. The average molecular weight is 547 g/mol. The number of nitrogens with zero attached hydrogens (tertiary/aromatic N) is 1. The van der Waals surface area contributed by atoms with Gasteiger partial charge in [-0.15, -0.1) is 0 Å². The molecule has 0 spiro atoms. The summed E-state index contributed by atoms with van der Waals surface area (Å²) in [4.78, 5) is 26.0. The van der Waals surface area contributed by atoms with E-state index in [4.69, 9.17) is 16.3 Å². The molecule has 0 radical (unpaired) electrons. The molecular formula is C26H22BrClFNO4. The van der Waals surface area contributed by atoms with Crippen molar-refractivity contribution in [2.75, 3.05) is 6.54 Å². The molecule has 3 aromatic rings. The second-order valence-electron chi connectivity index (χ2n) is 8.62. The van der Waals surface area contributed by atoms with Crippen LogP contribution in [-0.2, 0) is 24.2 Å². The van der Waals surface area contributed by atoms with Crippen LogP contribution in [0.1, 0.15) is 34.0 Å². The third-order valence-corrected chi connectivity index (χ3v) is 6.80. The van der Waals surface area contributed by atoms with Crippen molar-refractivity contribution in [1.29, 1.82) is 0 Å². The molecule has 0 unspecified atom stereocenters. The van der Waals surface area contributed by atoms with Crippen molar-refractivity contribution in [1.82, 2.24) is 4.90 Å². The summed E-state index contributed by atoms with van der Waals surface area (Å²) >= 11 is 9.24. The maximum Gasteiger partial charge on any atom is 0.323 e. The predicted octanol–water partition coefficient (Wildman–Crippen LogP) is 5.90. The van der Waals surface area contributed by atoms with Crippen molar-refractivity contribution in [3.63, 3.8) is 0 Å². The number of carboxylic acids is 1. The third-order valence-electron chi connectivity index (χ3n) is 5.72. The molecule has 5 nitrogen and oxygen atoms in total. The van der Waals surface area contributed by atoms with Gasteiger partial charge in [-0.2, -0.15) is 0 Å². The van der Waals surface area contributed by atoms with E-state index in [0.29, 0.717) is 24.2 Å². The van der Waals surface area contributed by atoms with Gasteiger partial charge in [0.25, 0.3) is 5.91 Å². The fourth-order valence-corrected chi connectivity index (χ4v) is 4.74. The van der Waals surface area contributed by atoms with E-state index in [9.17, 15) is 19.1 Å². The van der Waals surface area contributed by atoms with Crippen molar-refractivity contribution in [2.24, 2.45) is 0 Å².